The molecule has 0 bridgehead atoms. The fourth-order valence-electron chi connectivity index (χ4n) is 4.00. The summed E-state index contributed by atoms with van der Waals surface area (Å²) in [7, 11) is -3.90. The highest BCUT2D eigenvalue weighted by Gasteiger charge is 2.47. The van der Waals surface area contributed by atoms with Crippen molar-refractivity contribution in [2.75, 3.05) is 19.6 Å². The van der Waals surface area contributed by atoms with Crippen LogP contribution in [0.15, 0.2) is 64.8 Å². The molecule has 9 nitrogen and oxygen atoms in total. The van der Waals surface area contributed by atoms with E-state index in [2.05, 4.69) is 17.2 Å². The summed E-state index contributed by atoms with van der Waals surface area (Å²) >= 11 is 0. The van der Waals surface area contributed by atoms with Crippen LogP contribution in [0.3, 0.4) is 0 Å². The van der Waals surface area contributed by atoms with E-state index in [1.165, 1.54) is 16.4 Å². The van der Waals surface area contributed by atoms with E-state index in [9.17, 15) is 18.0 Å². The molecule has 2 fully saturated rings. The van der Waals surface area contributed by atoms with Crippen LogP contribution in [0.2, 0.25) is 0 Å². The van der Waals surface area contributed by atoms with Crippen LogP contribution >= 0.6 is 0 Å². The lowest BCUT2D eigenvalue weighted by molar-refractivity contribution is -0.120. The highest BCUT2D eigenvalue weighted by Crippen LogP contribution is 2.35. The fraction of sp³-hybridized carbons (Fsp3) is 0.364. The molecule has 2 N–H and O–H groups in total. The molecule has 2 aliphatic heterocycles. The Hall–Kier alpha value is -2.95. The number of amides is 2. The quantitative estimate of drug-likeness (QED) is 0.575. The van der Waals surface area contributed by atoms with Gasteiger partial charge in [0.25, 0.3) is 15.9 Å². The molecule has 4 rings (SSSR count). The monoisotopic (exact) mass is 459 g/mol. The lowest BCUT2D eigenvalue weighted by atomic mass is 10.1. The van der Waals surface area contributed by atoms with E-state index in [0.717, 1.165) is 11.8 Å². The number of hydrogen-bond acceptors (Lipinski definition) is 6. The van der Waals surface area contributed by atoms with Crippen LogP contribution in [-0.2, 0) is 26.0 Å². The third kappa shape index (κ3) is 4.77. The fourth-order valence-corrected chi connectivity index (χ4v) is 5.43. The van der Waals surface area contributed by atoms with E-state index < -0.39 is 22.2 Å². The van der Waals surface area contributed by atoms with Crippen molar-refractivity contribution in [3.63, 3.8) is 0 Å². The topological polar surface area (TPSA) is 118 Å². The second kappa shape index (κ2) is 9.27. The maximum Gasteiger partial charge on any atom is 0.276 e. The summed E-state index contributed by atoms with van der Waals surface area (Å²) in [5.41, 5.74) is 1.25. The Balaban J connectivity index is 1.32. The van der Waals surface area contributed by atoms with Gasteiger partial charge in [-0.15, -0.1) is 0 Å². The number of rotatable bonds is 8. The van der Waals surface area contributed by atoms with E-state index in [4.69, 9.17) is 9.15 Å². The highest BCUT2D eigenvalue weighted by molar-refractivity contribution is 7.89. The van der Waals surface area contributed by atoms with Crippen LogP contribution in [0, 0.1) is 5.92 Å². The largest absolute Gasteiger partial charge is 0.451 e. The summed E-state index contributed by atoms with van der Waals surface area (Å²) in [6, 6.07) is 11.0. The summed E-state index contributed by atoms with van der Waals surface area (Å²) in [4.78, 5) is 23.8. The van der Waals surface area contributed by atoms with Crippen molar-refractivity contribution in [2.24, 2.45) is 5.92 Å². The molecule has 2 aliphatic rings. The summed E-state index contributed by atoms with van der Waals surface area (Å²) in [5.74, 6) is -0.756. The zero-order chi connectivity index (χ0) is 22.7. The summed E-state index contributed by atoms with van der Waals surface area (Å²) < 4.78 is 38.2. The molecule has 170 valence electrons. The number of sulfonamides is 1. The van der Waals surface area contributed by atoms with Crippen LogP contribution in [-0.4, -0.2) is 56.5 Å². The van der Waals surface area contributed by atoms with Crippen LogP contribution in [0.25, 0.3) is 0 Å². The van der Waals surface area contributed by atoms with Crippen molar-refractivity contribution in [1.29, 1.82) is 0 Å². The predicted octanol–water partition coefficient (Wildman–Crippen LogP) is 1.29. The summed E-state index contributed by atoms with van der Waals surface area (Å²) in [5, 5.41) is 5.17. The minimum atomic E-state index is -3.90. The molecule has 3 heterocycles. The second-order valence-corrected chi connectivity index (χ2v) is 9.71. The second-order valence-electron chi connectivity index (χ2n) is 7.84. The molecule has 0 aliphatic carbocycles. The van der Waals surface area contributed by atoms with Gasteiger partial charge in [-0.25, -0.2) is 8.42 Å². The predicted molar refractivity (Wildman–Crippen MR) is 115 cm³/mol. The first-order chi connectivity index (χ1) is 15.4. The molecule has 3 unspecified atom stereocenters. The molecule has 0 saturated carbocycles. The molecule has 2 saturated heterocycles. The first kappa shape index (κ1) is 22.3. The molecule has 0 spiro atoms. The molecule has 1 aromatic carbocycles. The van der Waals surface area contributed by atoms with E-state index in [1.807, 2.05) is 30.3 Å². The van der Waals surface area contributed by atoms with Gasteiger partial charge in [0, 0.05) is 31.6 Å². The van der Waals surface area contributed by atoms with E-state index >= 15 is 0 Å². The Kier molecular flexibility index (Phi) is 6.45. The van der Waals surface area contributed by atoms with Gasteiger partial charge in [0.1, 0.15) is 12.5 Å². The first-order valence-corrected chi connectivity index (χ1v) is 11.8. The van der Waals surface area contributed by atoms with Gasteiger partial charge in [0.15, 0.2) is 0 Å². The maximum absolute atomic E-state index is 13.0. The highest BCUT2D eigenvalue weighted by atomic mass is 32.2. The standard InChI is InChI=1S/C22H25N3O6S/c1-2-19(26)24-20-10-16-12-25(13-18(16)31-20)32(28,29)21-11-17(14-30-21)22(27)23-9-8-15-6-4-3-5-7-15/h2-7,11,14,16,18,20H,1,8-10,12-13H2,(H,23,27)(H,24,26). The van der Waals surface area contributed by atoms with Crippen LogP contribution in [0.5, 0.6) is 0 Å². The van der Waals surface area contributed by atoms with Crippen molar-refractivity contribution in [2.45, 2.75) is 30.3 Å². The molecular weight excluding hydrogens is 434 g/mol. The average molecular weight is 460 g/mol. The minimum Gasteiger partial charge on any atom is -0.451 e. The third-order valence-corrected chi connectivity index (χ3v) is 7.37. The third-order valence-electron chi connectivity index (χ3n) is 5.67. The number of nitrogens with zero attached hydrogens (tertiary/aromatic N) is 1. The SMILES string of the molecule is C=CC(=O)NC1CC2CN(S(=O)(=O)c3cc(C(=O)NCCc4ccccc4)co3)CC2O1. The Labute approximate surface area is 186 Å². The zero-order valence-electron chi connectivity index (χ0n) is 17.4. The maximum atomic E-state index is 13.0. The molecule has 32 heavy (non-hydrogen) atoms. The van der Waals surface area contributed by atoms with Crippen molar-refractivity contribution >= 4 is 21.8 Å². The number of furan rings is 1. The van der Waals surface area contributed by atoms with Crippen molar-refractivity contribution in [3.8, 4) is 0 Å². The number of hydrogen-bond donors (Lipinski definition) is 2. The molecule has 10 heteroatoms. The van der Waals surface area contributed by atoms with Crippen molar-refractivity contribution in [1.82, 2.24) is 14.9 Å². The average Bonchev–Trinajstić information content (AvgIpc) is 3.50. The lowest BCUT2D eigenvalue weighted by Gasteiger charge is -2.18. The molecule has 3 atom stereocenters. The van der Waals surface area contributed by atoms with Crippen molar-refractivity contribution in [3.05, 3.63) is 66.4 Å². The van der Waals surface area contributed by atoms with Gasteiger partial charge < -0.3 is 19.8 Å². The molecule has 0 radical (unpaired) electrons. The van der Waals surface area contributed by atoms with E-state index in [-0.39, 0.29) is 41.7 Å². The Morgan fingerprint density at radius 1 is 1.22 bits per heavy atom. The van der Waals surface area contributed by atoms with Crippen LogP contribution in [0.1, 0.15) is 22.3 Å². The van der Waals surface area contributed by atoms with Gasteiger partial charge >= 0.3 is 0 Å². The number of fused-ring (bicyclic) bond motifs is 1. The van der Waals surface area contributed by atoms with Gasteiger partial charge in [-0.05, 0) is 24.5 Å². The first-order valence-electron chi connectivity index (χ1n) is 10.4. The minimum absolute atomic E-state index is 0.0318. The lowest BCUT2D eigenvalue weighted by Crippen LogP contribution is -2.37. The van der Waals surface area contributed by atoms with Crippen LogP contribution in [0.4, 0.5) is 0 Å². The summed E-state index contributed by atoms with van der Waals surface area (Å²) in [6.45, 7) is 4.24. The Morgan fingerprint density at radius 3 is 2.72 bits per heavy atom. The molecule has 2 amide bonds. The zero-order valence-corrected chi connectivity index (χ0v) is 18.2. The Morgan fingerprint density at radius 2 is 2.00 bits per heavy atom. The molecule has 2 aromatic rings. The number of carbonyl (C=O) groups is 2. The van der Waals surface area contributed by atoms with Gasteiger partial charge in [-0.1, -0.05) is 36.9 Å². The number of carbonyl (C=O) groups excluding carboxylic acids is 2. The number of nitrogens with one attached hydrogen (secondary N) is 2. The van der Waals surface area contributed by atoms with Gasteiger partial charge in [0.05, 0.1) is 11.7 Å². The van der Waals surface area contributed by atoms with Gasteiger partial charge in [-0.3, -0.25) is 9.59 Å². The smallest absolute Gasteiger partial charge is 0.276 e. The summed E-state index contributed by atoms with van der Waals surface area (Å²) in [6.07, 6.45) is 2.74. The number of ether oxygens (including phenoxy) is 1. The molecule has 1 aromatic heterocycles. The van der Waals surface area contributed by atoms with Gasteiger partial charge in [0.2, 0.25) is 11.0 Å². The van der Waals surface area contributed by atoms with Crippen molar-refractivity contribution < 1.29 is 27.2 Å². The Bertz CT molecular complexity index is 1080. The van der Waals surface area contributed by atoms with Crippen LogP contribution < -0.4 is 10.6 Å². The van der Waals surface area contributed by atoms with Gasteiger partial charge in [-0.2, -0.15) is 4.31 Å². The molecular formula is C22H25N3O6S. The van der Waals surface area contributed by atoms with E-state index in [0.29, 0.717) is 19.4 Å². The van der Waals surface area contributed by atoms with E-state index in [1.54, 1.807) is 0 Å². The normalized spacial score (nSPS) is 22.9. The number of benzene rings is 1.